The molecule has 0 spiro atoms. The van der Waals surface area contributed by atoms with Crippen LogP contribution in [0, 0.1) is 0 Å². The summed E-state index contributed by atoms with van der Waals surface area (Å²) < 4.78 is 4.72. The van der Waals surface area contributed by atoms with Gasteiger partial charge in [-0.2, -0.15) is 0 Å². The average Bonchev–Trinajstić information content (AvgIpc) is 2.22. The van der Waals surface area contributed by atoms with Crippen LogP contribution in [0.4, 0.5) is 0 Å². The molecular formula is C10H10ClNO3. The number of nitrogens with zero attached hydrogens (tertiary/aromatic N) is 1. The first-order valence-electron chi connectivity index (χ1n) is 4.34. The van der Waals surface area contributed by atoms with Crippen LogP contribution in [-0.2, 0) is 9.53 Å². The molecule has 15 heavy (non-hydrogen) atoms. The predicted octanol–water partition coefficient (Wildman–Crippen LogP) is 2.08. The SMILES string of the molecule is CCOC(=O)/C(=N/O)c1ccc(Cl)cc1. The molecule has 5 heteroatoms. The zero-order chi connectivity index (χ0) is 11.3. The Hall–Kier alpha value is -1.55. The number of esters is 1. The highest BCUT2D eigenvalue weighted by molar-refractivity contribution is 6.43. The smallest absolute Gasteiger partial charge is 0.361 e. The minimum absolute atomic E-state index is 0.131. The molecule has 0 saturated carbocycles. The average molecular weight is 228 g/mol. The molecule has 4 nitrogen and oxygen atoms in total. The Bertz CT molecular complexity index is 373. The van der Waals surface area contributed by atoms with Gasteiger partial charge in [0.15, 0.2) is 5.71 Å². The maximum Gasteiger partial charge on any atom is 0.361 e. The van der Waals surface area contributed by atoms with E-state index in [0.29, 0.717) is 10.6 Å². The molecule has 1 N–H and O–H groups in total. The molecule has 0 amide bonds. The number of halogens is 1. The number of oxime groups is 1. The number of hydrogen-bond donors (Lipinski definition) is 1. The molecule has 80 valence electrons. The number of benzene rings is 1. The fourth-order valence-corrected chi connectivity index (χ4v) is 1.15. The molecule has 0 atom stereocenters. The van der Waals surface area contributed by atoms with Crippen LogP contribution >= 0.6 is 11.6 Å². The summed E-state index contributed by atoms with van der Waals surface area (Å²) in [5, 5.41) is 12.1. The van der Waals surface area contributed by atoms with Gasteiger partial charge >= 0.3 is 5.97 Å². The quantitative estimate of drug-likeness (QED) is 0.372. The van der Waals surface area contributed by atoms with Crippen molar-refractivity contribution in [2.24, 2.45) is 5.16 Å². The predicted molar refractivity (Wildman–Crippen MR) is 56.4 cm³/mol. The maximum absolute atomic E-state index is 11.3. The summed E-state index contributed by atoms with van der Waals surface area (Å²) in [6, 6.07) is 6.35. The highest BCUT2D eigenvalue weighted by Crippen LogP contribution is 2.11. The molecule has 0 radical (unpaired) electrons. The summed E-state index contributed by atoms with van der Waals surface area (Å²) in [5.74, 6) is -0.665. The van der Waals surface area contributed by atoms with Crippen molar-refractivity contribution in [3.8, 4) is 0 Å². The number of rotatable bonds is 3. The molecule has 0 bridgehead atoms. The molecule has 1 aromatic carbocycles. The second kappa shape index (κ2) is 5.36. The van der Waals surface area contributed by atoms with Gasteiger partial charge in [-0.15, -0.1) is 0 Å². The highest BCUT2D eigenvalue weighted by Gasteiger charge is 2.15. The van der Waals surface area contributed by atoms with Crippen molar-refractivity contribution in [3.05, 3.63) is 34.9 Å². The van der Waals surface area contributed by atoms with Crippen molar-refractivity contribution < 1.29 is 14.7 Å². The van der Waals surface area contributed by atoms with E-state index in [1.165, 1.54) is 0 Å². The monoisotopic (exact) mass is 227 g/mol. The maximum atomic E-state index is 11.3. The summed E-state index contributed by atoms with van der Waals surface area (Å²) in [6.07, 6.45) is 0. The molecule has 0 aliphatic heterocycles. The standard InChI is InChI=1S/C10H10ClNO3/c1-2-15-10(13)9(12-14)7-3-5-8(11)6-4-7/h3-6,14H,2H2,1H3/b12-9+. The summed E-state index contributed by atoms with van der Waals surface area (Å²) in [4.78, 5) is 11.3. The van der Waals surface area contributed by atoms with Gasteiger partial charge in [-0.1, -0.05) is 28.9 Å². The number of carbonyl (C=O) groups excluding carboxylic acids is 1. The van der Waals surface area contributed by atoms with Gasteiger partial charge in [-0.05, 0) is 19.1 Å². The first kappa shape index (κ1) is 11.5. The molecule has 0 aromatic heterocycles. The minimum Gasteiger partial charge on any atom is -0.461 e. The Balaban J connectivity index is 2.94. The second-order valence-electron chi connectivity index (χ2n) is 2.68. The molecule has 1 aromatic rings. The van der Waals surface area contributed by atoms with Crippen LogP contribution in [0.5, 0.6) is 0 Å². The van der Waals surface area contributed by atoms with Crippen molar-refractivity contribution in [2.75, 3.05) is 6.61 Å². The van der Waals surface area contributed by atoms with Crippen LogP contribution in [0.2, 0.25) is 5.02 Å². The van der Waals surface area contributed by atoms with E-state index in [0.717, 1.165) is 0 Å². The van der Waals surface area contributed by atoms with Gasteiger partial charge in [-0.25, -0.2) is 4.79 Å². The van der Waals surface area contributed by atoms with Crippen molar-refractivity contribution in [1.82, 2.24) is 0 Å². The van der Waals surface area contributed by atoms with Crippen molar-refractivity contribution in [2.45, 2.75) is 6.92 Å². The molecule has 0 unspecified atom stereocenters. The van der Waals surface area contributed by atoms with Crippen LogP contribution < -0.4 is 0 Å². The van der Waals surface area contributed by atoms with Crippen LogP contribution in [-0.4, -0.2) is 23.5 Å². The lowest BCUT2D eigenvalue weighted by Gasteiger charge is -2.03. The second-order valence-corrected chi connectivity index (χ2v) is 3.11. The van der Waals surface area contributed by atoms with Crippen LogP contribution in [0.15, 0.2) is 29.4 Å². The van der Waals surface area contributed by atoms with E-state index in [-0.39, 0.29) is 12.3 Å². The number of hydrogen-bond acceptors (Lipinski definition) is 4. The molecule has 0 fully saturated rings. The van der Waals surface area contributed by atoms with Gasteiger partial charge in [-0.3, -0.25) is 0 Å². The zero-order valence-electron chi connectivity index (χ0n) is 8.11. The minimum atomic E-state index is -0.665. The van der Waals surface area contributed by atoms with Gasteiger partial charge in [0.05, 0.1) is 6.61 Å². The molecular weight excluding hydrogens is 218 g/mol. The van der Waals surface area contributed by atoms with Gasteiger partial charge in [0.25, 0.3) is 0 Å². The summed E-state index contributed by atoms with van der Waals surface area (Å²) in [6.45, 7) is 1.90. The van der Waals surface area contributed by atoms with E-state index < -0.39 is 5.97 Å². The van der Waals surface area contributed by atoms with E-state index >= 15 is 0 Å². The van der Waals surface area contributed by atoms with Crippen LogP contribution in [0.25, 0.3) is 0 Å². The van der Waals surface area contributed by atoms with Crippen LogP contribution in [0.3, 0.4) is 0 Å². The number of ether oxygens (including phenoxy) is 1. The third kappa shape index (κ3) is 2.95. The Morgan fingerprint density at radius 1 is 1.47 bits per heavy atom. The Morgan fingerprint density at radius 3 is 2.53 bits per heavy atom. The zero-order valence-corrected chi connectivity index (χ0v) is 8.86. The topological polar surface area (TPSA) is 58.9 Å². The van der Waals surface area contributed by atoms with Crippen molar-refractivity contribution >= 4 is 23.3 Å². The molecule has 1 rings (SSSR count). The van der Waals surface area contributed by atoms with Crippen molar-refractivity contribution in [3.63, 3.8) is 0 Å². The third-order valence-corrected chi connectivity index (χ3v) is 1.94. The van der Waals surface area contributed by atoms with E-state index in [2.05, 4.69) is 5.16 Å². The van der Waals surface area contributed by atoms with E-state index in [4.69, 9.17) is 21.5 Å². The Morgan fingerprint density at radius 2 is 2.07 bits per heavy atom. The fraction of sp³-hybridized carbons (Fsp3) is 0.200. The molecule has 0 saturated heterocycles. The first-order valence-corrected chi connectivity index (χ1v) is 4.72. The lowest BCUT2D eigenvalue weighted by Crippen LogP contribution is -2.18. The summed E-state index contributed by atoms with van der Waals surface area (Å²) >= 11 is 5.68. The third-order valence-electron chi connectivity index (χ3n) is 1.69. The van der Waals surface area contributed by atoms with Gasteiger partial charge in [0.2, 0.25) is 0 Å². The summed E-state index contributed by atoms with van der Waals surface area (Å²) in [5.41, 5.74) is 0.328. The lowest BCUT2D eigenvalue weighted by atomic mass is 10.1. The van der Waals surface area contributed by atoms with E-state index in [9.17, 15) is 4.79 Å². The van der Waals surface area contributed by atoms with Crippen molar-refractivity contribution in [1.29, 1.82) is 0 Å². The van der Waals surface area contributed by atoms with Gasteiger partial charge in [0, 0.05) is 10.6 Å². The normalized spacial score (nSPS) is 11.2. The molecule has 0 aliphatic rings. The van der Waals surface area contributed by atoms with E-state index in [1.807, 2.05) is 0 Å². The Kier molecular flexibility index (Phi) is 4.12. The highest BCUT2D eigenvalue weighted by atomic mass is 35.5. The fourth-order valence-electron chi connectivity index (χ4n) is 1.02. The molecule has 0 heterocycles. The molecule has 0 aliphatic carbocycles. The summed E-state index contributed by atoms with van der Waals surface area (Å²) in [7, 11) is 0. The Labute approximate surface area is 92.1 Å². The largest absolute Gasteiger partial charge is 0.461 e. The first-order chi connectivity index (χ1) is 7.19. The lowest BCUT2D eigenvalue weighted by molar-refractivity contribution is -0.135. The van der Waals surface area contributed by atoms with Gasteiger partial charge in [0.1, 0.15) is 0 Å². The van der Waals surface area contributed by atoms with Crippen LogP contribution in [0.1, 0.15) is 12.5 Å². The van der Waals surface area contributed by atoms with E-state index in [1.54, 1.807) is 31.2 Å². The van der Waals surface area contributed by atoms with Gasteiger partial charge < -0.3 is 9.94 Å². The number of carbonyl (C=O) groups is 1.